The highest BCUT2D eigenvalue weighted by molar-refractivity contribution is 7.14. The van der Waals surface area contributed by atoms with Gasteiger partial charge in [-0.15, -0.1) is 11.3 Å². The standard InChI is InChI=1S/C26H32N2O3S/c1-14(2)11-22-20(12-27)23(19-9-7-15(3)8-10-19)21(17(5)28-22)13-31-24-16(4)18(6)32-25(24)26(29)30/h7-10,14H,11-13,27H2,1-6H3,(H,29,30). The lowest BCUT2D eigenvalue weighted by atomic mass is 9.90. The second kappa shape index (κ2) is 9.84. The van der Waals surface area contributed by atoms with Gasteiger partial charge in [-0.05, 0) is 56.7 Å². The predicted octanol–water partition coefficient (Wildman–Crippen LogP) is 5.98. The van der Waals surface area contributed by atoms with Crippen LogP contribution in [0.25, 0.3) is 11.1 Å². The Morgan fingerprint density at radius 1 is 1.12 bits per heavy atom. The molecule has 2 heterocycles. The van der Waals surface area contributed by atoms with Crippen LogP contribution in [0.3, 0.4) is 0 Å². The SMILES string of the molecule is Cc1ccc(-c2c(COc3c(C(=O)O)sc(C)c3C)c(C)nc(CC(C)C)c2CN)cc1. The fourth-order valence-electron chi connectivity index (χ4n) is 3.93. The number of carbonyl (C=O) groups is 1. The molecule has 0 spiro atoms. The normalized spacial score (nSPS) is 11.2. The van der Waals surface area contributed by atoms with E-state index in [-0.39, 0.29) is 11.5 Å². The molecular formula is C26H32N2O3S. The molecule has 0 radical (unpaired) electrons. The first-order valence-electron chi connectivity index (χ1n) is 10.9. The summed E-state index contributed by atoms with van der Waals surface area (Å²) in [7, 11) is 0. The van der Waals surface area contributed by atoms with Gasteiger partial charge in [0.15, 0.2) is 4.88 Å². The molecule has 5 nitrogen and oxygen atoms in total. The summed E-state index contributed by atoms with van der Waals surface area (Å²) >= 11 is 1.25. The number of nitrogens with zero attached hydrogens (tertiary/aromatic N) is 1. The highest BCUT2D eigenvalue weighted by Gasteiger charge is 2.23. The van der Waals surface area contributed by atoms with Crippen molar-refractivity contribution < 1.29 is 14.6 Å². The van der Waals surface area contributed by atoms with Crippen LogP contribution in [-0.4, -0.2) is 16.1 Å². The van der Waals surface area contributed by atoms with E-state index in [1.165, 1.54) is 16.9 Å². The Morgan fingerprint density at radius 2 is 1.78 bits per heavy atom. The summed E-state index contributed by atoms with van der Waals surface area (Å²) in [4.78, 5) is 17.8. The molecule has 1 aromatic carbocycles. The molecule has 0 unspecified atom stereocenters. The van der Waals surface area contributed by atoms with Crippen molar-refractivity contribution >= 4 is 17.3 Å². The van der Waals surface area contributed by atoms with Gasteiger partial charge in [0.1, 0.15) is 12.4 Å². The lowest BCUT2D eigenvalue weighted by Crippen LogP contribution is -2.14. The maximum Gasteiger partial charge on any atom is 0.349 e. The molecule has 170 valence electrons. The molecule has 0 aliphatic carbocycles. The van der Waals surface area contributed by atoms with Crippen LogP contribution in [0.4, 0.5) is 0 Å². The molecule has 0 saturated carbocycles. The minimum Gasteiger partial charge on any atom is -0.487 e. The molecular weight excluding hydrogens is 420 g/mol. The lowest BCUT2D eigenvalue weighted by molar-refractivity contribution is 0.0697. The Kier molecular flexibility index (Phi) is 7.36. The van der Waals surface area contributed by atoms with Crippen LogP contribution in [0, 0.1) is 33.6 Å². The van der Waals surface area contributed by atoms with Gasteiger partial charge >= 0.3 is 5.97 Å². The van der Waals surface area contributed by atoms with Crippen molar-refractivity contribution in [2.45, 2.75) is 61.1 Å². The quantitative estimate of drug-likeness (QED) is 0.439. The molecule has 32 heavy (non-hydrogen) atoms. The van der Waals surface area contributed by atoms with Crippen LogP contribution < -0.4 is 10.5 Å². The second-order valence-electron chi connectivity index (χ2n) is 8.68. The highest BCUT2D eigenvalue weighted by Crippen LogP contribution is 2.37. The zero-order valence-corrected chi connectivity index (χ0v) is 20.5. The average molecular weight is 453 g/mol. The van der Waals surface area contributed by atoms with Crippen molar-refractivity contribution in [3.05, 3.63) is 67.7 Å². The Balaban J connectivity index is 2.15. The van der Waals surface area contributed by atoms with E-state index in [0.717, 1.165) is 50.5 Å². The van der Waals surface area contributed by atoms with Crippen LogP contribution in [0.5, 0.6) is 5.75 Å². The van der Waals surface area contributed by atoms with Crippen molar-refractivity contribution in [1.82, 2.24) is 4.98 Å². The van der Waals surface area contributed by atoms with E-state index in [1.807, 2.05) is 20.8 Å². The monoisotopic (exact) mass is 452 g/mol. The number of aromatic nitrogens is 1. The Hall–Kier alpha value is -2.70. The van der Waals surface area contributed by atoms with E-state index in [0.29, 0.717) is 18.2 Å². The van der Waals surface area contributed by atoms with Gasteiger partial charge in [0, 0.05) is 33.9 Å². The van der Waals surface area contributed by atoms with Crippen molar-refractivity contribution in [3.8, 4) is 16.9 Å². The third-order valence-corrected chi connectivity index (χ3v) is 6.90. The summed E-state index contributed by atoms with van der Waals surface area (Å²) in [5.41, 5.74) is 14.3. The van der Waals surface area contributed by atoms with Gasteiger partial charge in [0.05, 0.1) is 0 Å². The Bertz CT molecular complexity index is 1130. The molecule has 3 N–H and O–H groups in total. The van der Waals surface area contributed by atoms with Crippen LogP contribution >= 0.6 is 11.3 Å². The predicted molar refractivity (Wildman–Crippen MR) is 131 cm³/mol. The van der Waals surface area contributed by atoms with Crippen LogP contribution in [0.2, 0.25) is 0 Å². The minimum atomic E-state index is -0.968. The van der Waals surface area contributed by atoms with Gasteiger partial charge in [-0.2, -0.15) is 0 Å². The van der Waals surface area contributed by atoms with Crippen LogP contribution in [0.1, 0.15) is 62.0 Å². The summed E-state index contributed by atoms with van der Waals surface area (Å²) in [6.45, 7) is 12.8. The summed E-state index contributed by atoms with van der Waals surface area (Å²) in [6, 6.07) is 8.39. The number of carboxylic acid groups (broad SMARTS) is 1. The summed E-state index contributed by atoms with van der Waals surface area (Å²) in [5, 5.41) is 9.62. The molecule has 6 heteroatoms. The lowest BCUT2D eigenvalue weighted by Gasteiger charge is -2.21. The first-order chi connectivity index (χ1) is 15.1. The van der Waals surface area contributed by atoms with Gasteiger partial charge < -0.3 is 15.6 Å². The number of hydrogen-bond acceptors (Lipinski definition) is 5. The maximum absolute atomic E-state index is 11.7. The molecule has 0 atom stereocenters. The minimum absolute atomic E-state index is 0.230. The molecule has 0 aliphatic rings. The largest absolute Gasteiger partial charge is 0.487 e. The number of thiophene rings is 1. The highest BCUT2D eigenvalue weighted by atomic mass is 32.1. The van der Waals surface area contributed by atoms with Crippen molar-refractivity contribution in [3.63, 3.8) is 0 Å². The summed E-state index contributed by atoms with van der Waals surface area (Å²) in [6.07, 6.45) is 0.847. The van der Waals surface area contributed by atoms with Gasteiger partial charge in [-0.1, -0.05) is 43.7 Å². The van der Waals surface area contributed by atoms with Crippen molar-refractivity contribution in [2.24, 2.45) is 11.7 Å². The second-order valence-corrected chi connectivity index (χ2v) is 9.90. The topological polar surface area (TPSA) is 85.4 Å². The Morgan fingerprint density at radius 3 is 2.34 bits per heavy atom. The maximum atomic E-state index is 11.7. The third-order valence-electron chi connectivity index (χ3n) is 5.72. The number of hydrogen-bond donors (Lipinski definition) is 2. The van der Waals surface area contributed by atoms with Crippen molar-refractivity contribution in [2.75, 3.05) is 0 Å². The number of rotatable bonds is 8. The molecule has 0 saturated heterocycles. The van der Waals surface area contributed by atoms with Gasteiger partial charge in [-0.25, -0.2) is 4.79 Å². The zero-order chi connectivity index (χ0) is 23.6. The van der Waals surface area contributed by atoms with Gasteiger partial charge in [0.2, 0.25) is 0 Å². The summed E-state index contributed by atoms with van der Waals surface area (Å²) < 4.78 is 6.17. The van der Waals surface area contributed by atoms with E-state index >= 15 is 0 Å². The smallest absolute Gasteiger partial charge is 0.349 e. The van der Waals surface area contributed by atoms with E-state index < -0.39 is 5.97 Å². The molecule has 2 aromatic heterocycles. The number of nitrogens with two attached hydrogens (primary N) is 1. The molecule has 0 amide bonds. The van der Waals surface area contributed by atoms with Crippen LogP contribution in [-0.2, 0) is 19.6 Å². The zero-order valence-electron chi connectivity index (χ0n) is 19.7. The number of aryl methyl sites for hydroxylation is 3. The third kappa shape index (κ3) is 4.87. The number of ether oxygens (including phenoxy) is 1. The first kappa shape index (κ1) is 24.0. The fraction of sp³-hybridized carbons (Fsp3) is 0.385. The number of benzene rings is 1. The molecule has 0 bridgehead atoms. The molecule has 3 rings (SSSR count). The van der Waals surface area contributed by atoms with Crippen LogP contribution in [0.15, 0.2) is 24.3 Å². The Labute approximate surface area is 194 Å². The van der Waals surface area contributed by atoms with E-state index in [9.17, 15) is 9.90 Å². The van der Waals surface area contributed by atoms with E-state index in [1.54, 1.807) is 0 Å². The van der Waals surface area contributed by atoms with Gasteiger partial charge in [-0.3, -0.25) is 4.98 Å². The number of aromatic carboxylic acids is 1. The van der Waals surface area contributed by atoms with Crippen molar-refractivity contribution in [1.29, 1.82) is 0 Å². The van der Waals surface area contributed by atoms with Gasteiger partial charge in [0.25, 0.3) is 0 Å². The fourth-order valence-corrected chi connectivity index (χ4v) is 4.87. The molecule has 0 aliphatic heterocycles. The first-order valence-corrected chi connectivity index (χ1v) is 11.7. The average Bonchev–Trinajstić information content (AvgIpc) is 3.01. The molecule has 3 aromatic rings. The number of pyridine rings is 1. The van der Waals surface area contributed by atoms with E-state index in [4.69, 9.17) is 15.5 Å². The van der Waals surface area contributed by atoms with E-state index in [2.05, 4.69) is 45.0 Å². The molecule has 0 fully saturated rings. The summed E-state index contributed by atoms with van der Waals surface area (Å²) in [5.74, 6) is -0.0748. The number of carboxylic acids is 1.